The first-order valence-electron chi connectivity index (χ1n) is 13.5. The number of halogens is 1. The van der Waals surface area contributed by atoms with Gasteiger partial charge in [0, 0.05) is 17.7 Å². The van der Waals surface area contributed by atoms with Crippen molar-refractivity contribution < 1.29 is 19.1 Å². The van der Waals surface area contributed by atoms with Crippen LogP contribution in [-0.4, -0.2) is 40.0 Å². The second-order valence-electron chi connectivity index (χ2n) is 10.1. The number of aryl methyl sites for hydroxylation is 1. The zero-order chi connectivity index (χ0) is 31.5. The summed E-state index contributed by atoms with van der Waals surface area (Å²) in [5.41, 5.74) is 3.38. The molecule has 0 fully saturated rings. The van der Waals surface area contributed by atoms with Crippen molar-refractivity contribution in [2.75, 3.05) is 14.2 Å². The molecule has 0 N–H and O–H groups in total. The second kappa shape index (κ2) is 12.8. The predicted octanol–water partition coefficient (Wildman–Crippen LogP) is 7.09. The van der Waals surface area contributed by atoms with Crippen LogP contribution in [0.5, 0.6) is 23.1 Å². The van der Waals surface area contributed by atoms with Crippen LogP contribution in [0.4, 0.5) is 5.69 Å². The highest BCUT2D eigenvalue weighted by Gasteiger charge is 2.19. The third kappa shape index (κ3) is 6.11. The van der Waals surface area contributed by atoms with Crippen LogP contribution >= 0.6 is 22.6 Å². The second-order valence-corrected chi connectivity index (χ2v) is 11.3. The molecule has 3 aromatic carbocycles. The summed E-state index contributed by atoms with van der Waals surface area (Å²) in [4.78, 5) is 33.1. The number of aromatic nitrogens is 3. The van der Waals surface area contributed by atoms with E-state index in [1.54, 1.807) is 31.5 Å². The standard InChI is InChI=1S/C32H28IN5O6/c1-18(2)23-15-24(19(3)12-27(23)42-4)31-36-26-9-7-6-8-22(26)32(39)37(31)35-16-20-13-25(33)30(28(14-20)43-5)44-29-11-10-21(17-34-29)38(40)41/h6-18H,1-5H3. The molecule has 5 aromatic rings. The molecule has 0 saturated heterocycles. The van der Waals surface area contributed by atoms with Crippen LogP contribution in [0.3, 0.4) is 0 Å². The zero-order valence-electron chi connectivity index (χ0n) is 24.6. The largest absolute Gasteiger partial charge is 0.496 e. The first-order valence-corrected chi connectivity index (χ1v) is 14.6. The number of rotatable bonds is 9. The molecule has 0 amide bonds. The third-order valence-corrected chi connectivity index (χ3v) is 7.71. The van der Waals surface area contributed by atoms with Gasteiger partial charge in [-0.25, -0.2) is 9.97 Å². The zero-order valence-corrected chi connectivity index (χ0v) is 26.7. The van der Waals surface area contributed by atoms with E-state index in [9.17, 15) is 14.9 Å². The molecule has 0 atom stereocenters. The number of ether oxygens (including phenoxy) is 3. The Morgan fingerprint density at radius 1 is 1.05 bits per heavy atom. The van der Waals surface area contributed by atoms with E-state index < -0.39 is 4.92 Å². The molecule has 12 heteroatoms. The van der Waals surface area contributed by atoms with E-state index in [0.717, 1.165) is 28.6 Å². The minimum Gasteiger partial charge on any atom is -0.496 e. The maximum Gasteiger partial charge on any atom is 0.287 e. The normalized spacial score (nSPS) is 11.3. The van der Waals surface area contributed by atoms with Crippen molar-refractivity contribution in [1.29, 1.82) is 0 Å². The molecule has 0 aliphatic rings. The molecule has 0 bridgehead atoms. The molecule has 44 heavy (non-hydrogen) atoms. The Labute approximate surface area is 266 Å². The Morgan fingerprint density at radius 2 is 1.80 bits per heavy atom. The van der Waals surface area contributed by atoms with Crippen molar-refractivity contribution in [2.24, 2.45) is 5.10 Å². The molecule has 0 unspecified atom stereocenters. The smallest absolute Gasteiger partial charge is 0.287 e. The van der Waals surface area contributed by atoms with E-state index >= 15 is 0 Å². The molecule has 0 radical (unpaired) electrons. The van der Waals surface area contributed by atoms with Crippen molar-refractivity contribution in [3.05, 3.63) is 108 Å². The van der Waals surface area contributed by atoms with Crippen LogP contribution in [0, 0.1) is 20.6 Å². The van der Waals surface area contributed by atoms with Crippen LogP contribution in [-0.2, 0) is 0 Å². The van der Waals surface area contributed by atoms with Gasteiger partial charge in [-0.15, -0.1) is 0 Å². The highest BCUT2D eigenvalue weighted by atomic mass is 127. The average Bonchev–Trinajstić information content (AvgIpc) is 3.01. The van der Waals surface area contributed by atoms with Gasteiger partial charge >= 0.3 is 0 Å². The van der Waals surface area contributed by atoms with Gasteiger partial charge in [-0.05, 0) is 88.5 Å². The number of fused-ring (bicyclic) bond motifs is 1. The molecule has 0 aliphatic carbocycles. The molecule has 5 rings (SSSR count). The van der Waals surface area contributed by atoms with E-state index in [1.165, 1.54) is 23.9 Å². The summed E-state index contributed by atoms with van der Waals surface area (Å²) in [6.45, 7) is 6.11. The Balaban J connectivity index is 1.60. The van der Waals surface area contributed by atoms with Crippen molar-refractivity contribution in [3.8, 4) is 34.5 Å². The molecule has 0 spiro atoms. The van der Waals surface area contributed by atoms with Crippen LogP contribution in [0.2, 0.25) is 0 Å². The molecule has 2 aromatic heterocycles. The summed E-state index contributed by atoms with van der Waals surface area (Å²) < 4.78 is 19.1. The van der Waals surface area contributed by atoms with Crippen LogP contribution in [0.1, 0.15) is 36.5 Å². The summed E-state index contributed by atoms with van der Waals surface area (Å²) in [6, 6.07) is 17.4. The number of pyridine rings is 1. The first-order chi connectivity index (χ1) is 21.1. The van der Waals surface area contributed by atoms with E-state index in [-0.39, 0.29) is 23.0 Å². The van der Waals surface area contributed by atoms with Crippen molar-refractivity contribution in [1.82, 2.24) is 14.6 Å². The fourth-order valence-corrected chi connectivity index (χ4v) is 5.39. The third-order valence-electron chi connectivity index (χ3n) is 6.91. The summed E-state index contributed by atoms with van der Waals surface area (Å²) >= 11 is 2.09. The first kappa shape index (κ1) is 30.6. The lowest BCUT2D eigenvalue weighted by Crippen LogP contribution is -2.20. The van der Waals surface area contributed by atoms with E-state index in [1.807, 2.05) is 37.3 Å². The number of hydrogen-bond acceptors (Lipinski definition) is 9. The van der Waals surface area contributed by atoms with Crippen molar-refractivity contribution in [2.45, 2.75) is 26.7 Å². The van der Waals surface area contributed by atoms with Crippen molar-refractivity contribution in [3.63, 3.8) is 0 Å². The molecule has 11 nitrogen and oxygen atoms in total. The van der Waals surface area contributed by atoms with Gasteiger partial charge in [-0.3, -0.25) is 14.9 Å². The minimum absolute atomic E-state index is 0.145. The van der Waals surface area contributed by atoms with Crippen LogP contribution in [0.15, 0.2) is 76.8 Å². The average molecular weight is 706 g/mol. The number of nitro groups is 1. The molecule has 0 saturated carbocycles. The van der Waals surface area contributed by atoms with E-state index in [2.05, 4.69) is 46.5 Å². The number of methoxy groups -OCH3 is 2. The number of nitrogens with zero attached hydrogens (tertiary/aromatic N) is 5. The Morgan fingerprint density at radius 3 is 2.45 bits per heavy atom. The van der Waals surface area contributed by atoms with E-state index in [0.29, 0.717) is 37.4 Å². The van der Waals surface area contributed by atoms with Gasteiger partial charge in [0.05, 0.1) is 39.8 Å². The molecular weight excluding hydrogens is 677 g/mol. The highest BCUT2D eigenvalue weighted by molar-refractivity contribution is 14.1. The maximum absolute atomic E-state index is 13.8. The van der Waals surface area contributed by atoms with Gasteiger partial charge in [-0.1, -0.05) is 26.0 Å². The lowest BCUT2D eigenvalue weighted by atomic mass is 9.96. The Hall–Kier alpha value is -4.85. The van der Waals surface area contributed by atoms with E-state index in [4.69, 9.17) is 19.2 Å². The number of para-hydroxylation sites is 1. The molecule has 224 valence electrons. The van der Waals surface area contributed by atoms with Gasteiger partial charge in [0.1, 0.15) is 11.9 Å². The quantitative estimate of drug-likeness (QED) is 0.0688. The fourth-order valence-electron chi connectivity index (χ4n) is 4.66. The lowest BCUT2D eigenvalue weighted by Gasteiger charge is -2.17. The lowest BCUT2D eigenvalue weighted by molar-refractivity contribution is -0.385. The summed E-state index contributed by atoms with van der Waals surface area (Å²) in [5.74, 6) is 2.28. The predicted molar refractivity (Wildman–Crippen MR) is 176 cm³/mol. The number of hydrogen-bond donors (Lipinski definition) is 0. The summed E-state index contributed by atoms with van der Waals surface area (Å²) in [7, 11) is 3.14. The Bertz CT molecular complexity index is 1970. The fraction of sp³-hybridized carbons (Fsp3) is 0.188. The monoisotopic (exact) mass is 705 g/mol. The minimum atomic E-state index is -0.532. The Kier molecular flexibility index (Phi) is 8.90. The van der Waals surface area contributed by atoms with Crippen molar-refractivity contribution >= 4 is 45.4 Å². The topological polar surface area (TPSA) is 131 Å². The summed E-state index contributed by atoms with van der Waals surface area (Å²) in [5, 5.41) is 16.0. The van der Waals surface area contributed by atoms with Gasteiger partial charge in [0.25, 0.3) is 11.2 Å². The van der Waals surface area contributed by atoms with Gasteiger partial charge in [0.2, 0.25) is 5.88 Å². The van der Waals surface area contributed by atoms with Crippen LogP contribution < -0.4 is 19.8 Å². The molecule has 2 heterocycles. The molecular formula is C32H28IN5O6. The molecule has 0 aliphatic heterocycles. The number of benzene rings is 3. The highest BCUT2D eigenvalue weighted by Crippen LogP contribution is 2.37. The van der Waals surface area contributed by atoms with Gasteiger partial charge < -0.3 is 14.2 Å². The SMILES string of the molecule is COc1cc(C)c(-c2nc3ccccc3c(=O)n2N=Cc2cc(I)c(Oc3ccc([N+](=O)[O-])cn3)c(OC)c2)cc1C(C)C. The van der Waals surface area contributed by atoms with Crippen LogP contribution in [0.25, 0.3) is 22.3 Å². The van der Waals surface area contributed by atoms with Gasteiger partial charge in [-0.2, -0.15) is 9.78 Å². The maximum atomic E-state index is 13.8. The van der Waals surface area contributed by atoms with Gasteiger partial charge in [0.15, 0.2) is 17.3 Å². The summed E-state index contributed by atoms with van der Waals surface area (Å²) in [6.07, 6.45) is 2.68.